The largest absolute Gasteiger partial charge is 0.480 e. The first-order valence-corrected chi connectivity index (χ1v) is 5.21. The molecule has 0 bridgehead atoms. The van der Waals surface area contributed by atoms with Crippen molar-refractivity contribution in [2.24, 2.45) is 0 Å². The van der Waals surface area contributed by atoms with Gasteiger partial charge in [-0.05, 0) is 25.5 Å². The molecule has 16 heavy (non-hydrogen) atoms. The number of nitrogens with one attached hydrogen (secondary N) is 1. The van der Waals surface area contributed by atoms with Crippen LogP contribution < -0.4 is 5.32 Å². The van der Waals surface area contributed by atoms with E-state index in [9.17, 15) is 4.79 Å². The van der Waals surface area contributed by atoms with Crippen molar-refractivity contribution in [2.45, 2.75) is 25.3 Å². The minimum atomic E-state index is -0.751. The minimum Gasteiger partial charge on any atom is -0.480 e. The second-order valence-electron chi connectivity index (χ2n) is 4.08. The highest BCUT2D eigenvalue weighted by molar-refractivity contribution is 5.85. The highest BCUT2D eigenvalue weighted by Gasteiger charge is 2.33. The van der Waals surface area contributed by atoms with Crippen LogP contribution in [0.15, 0.2) is 24.3 Å². The fraction of sp³-hybridized carbons (Fsp3) is 0.417. The SMILES string of the molecule is Cc1cccc(C2CCNC2C(=O)O)c1.Cl. The van der Waals surface area contributed by atoms with Gasteiger partial charge >= 0.3 is 5.97 Å². The second kappa shape index (κ2) is 5.32. The molecule has 0 saturated carbocycles. The number of benzene rings is 1. The zero-order valence-electron chi connectivity index (χ0n) is 9.14. The summed E-state index contributed by atoms with van der Waals surface area (Å²) in [6.07, 6.45) is 0.903. The molecule has 2 N–H and O–H groups in total. The Bertz CT molecular complexity index is 381. The zero-order chi connectivity index (χ0) is 10.8. The smallest absolute Gasteiger partial charge is 0.321 e. The van der Waals surface area contributed by atoms with Gasteiger partial charge in [0.05, 0.1) is 0 Å². The molecule has 0 aromatic heterocycles. The van der Waals surface area contributed by atoms with E-state index in [1.54, 1.807) is 0 Å². The maximum Gasteiger partial charge on any atom is 0.321 e. The summed E-state index contributed by atoms with van der Waals surface area (Å²) in [6, 6.07) is 7.68. The molecule has 2 atom stereocenters. The molecule has 1 aromatic carbocycles. The topological polar surface area (TPSA) is 49.3 Å². The number of halogens is 1. The summed E-state index contributed by atoms with van der Waals surface area (Å²) in [5.74, 6) is -0.638. The van der Waals surface area contributed by atoms with Gasteiger partial charge in [0.15, 0.2) is 0 Å². The number of hydrogen-bond acceptors (Lipinski definition) is 2. The molecule has 4 heteroatoms. The Morgan fingerprint density at radius 2 is 2.25 bits per heavy atom. The third-order valence-electron chi connectivity index (χ3n) is 2.96. The van der Waals surface area contributed by atoms with Gasteiger partial charge in [-0.15, -0.1) is 12.4 Å². The van der Waals surface area contributed by atoms with E-state index in [-0.39, 0.29) is 18.3 Å². The molecule has 3 nitrogen and oxygen atoms in total. The minimum absolute atomic E-state index is 0. The number of carboxylic acid groups (broad SMARTS) is 1. The van der Waals surface area contributed by atoms with E-state index in [1.165, 1.54) is 5.56 Å². The monoisotopic (exact) mass is 241 g/mol. The highest BCUT2D eigenvalue weighted by atomic mass is 35.5. The standard InChI is InChI=1S/C12H15NO2.ClH/c1-8-3-2-4-9(7-8)10-5-6-13-11(10)12(14)15;/h2-4,7,10-11,13H,5-6H2,1H3,(H,14,15);1H. The summed E-state index contributed by atoms with van der Waals surface area (Å²) in [6.45, 7) is 2.82. The lowest BCUT2D eigenvalue weighted by molar-refractivity contribution is -0.139. The Kier molecular flexibility index (Phi) is 4.33. The Morgan fingerprint density at radius 3 is 2.88 bits per heavy atom. The molecule has 88 valence electrons. The lowest BCUT2D eigenvalue weighted by Gasteiger charge is -2.16. The lowest BCUT2D eigenvalue weighted by atomic mass is 9.91. The predicted molar refractivity (Wildman–Crippen MR) is 65.2 cm³/mol. The van der Waals surface area contributed by atoms with Gasteiger partial charge in [-0.3, -0.25) is 4.79 Å². The summed E-state index contributed by atoms with van der Waals surface area (Å²) < 4.78 is 0. The van der Waals surface area contributed by atoms with Crippen LogP contribution in [-0.4, -0.2) is 23.7 Å². The van der Waals surface area contributed by atoms with Gasteiger partial charge in [0.2, 0.25) is 0 Å². The molecule has 1 aliphatic heterocycles. The summed E-state index contributed by atoms with van der Waals surface area (Å²) in [4.78, 5) is 11.0. The first-order chi connectivity index (χ1) is 7.18. The molecular weight excluding hydrogens is 226 g/mol. The molecule has 1 saturated heterocycles. The van der Waals surface area contributed by atoms with Gasteiger partial charge < -0.3 is 10.4 Å². The van der Waals surface area contributed by atoms with Crippen molar-refractivity contribution in [3.8, 4) is 0 Å². The van der Waals surface area contributed by atoms with E-state index in [0.29, 0.717) is 0 Å². The van der Waals surface area contributed by atoms with E-state index in [0.717, 1.165) is 18.5 Å². The summed E-state index contributed by atoms with van der Waals surface area (Å²) >= 11 is 0. The maximum atomic E-state index is 11.0. The van der Waals surface area contributed by atoms with Crippen LogP contribution in [-0.2, 0) is 4.79 Å². The van der Waals surface area contributed by atoms with Crippen molar-refractivity contribution < 1.29 is 9.90 Å². The summed E-state index contributed by atoms with van der Waals surface area (Å²) in [7, 11) is 0. The van der Waals surface area contributed by atoms with E-state index in [1.807, 2.05) is 25.1 Å². The molecule has 1 heterocycles. The van der Waals surface area contributed by atoms with Crippen LogP contribution in [0.3, 0.4) is 0 Å². The van der Waals surface area contributed by atoms with Gasteiger partial charge in [-0.25, -0.2) is 0 Å². The van der Waals surface area contributed by atoms with Crippen LogP contribution in [0.1, 0.15) is 23.5 Å². The number of carboxylic acids is 1. The average Bonchev–Trinajstić information content (AvgIpc) is 2.65. The molecule has 1 fully saturated rings. The first kappa shape index (κ1) is 13.0. The Labute approximate surface area is 101 Å². The van der Waals surface area contributed by atoms with Crippen LogP contribution in [0.2, 0.25) is 0 Å². The number of carbonyl (C=O) groups is 1. The van der Waals surface area contributed by atoms with Gasteiger partial charge in [0.25, 0.3) is 0 Å². The molecule has 0 aliphatic carbocycles. The first-order valence-electron chi connectivity index (χ1n) is 5.21. The fourth-order valence-corrected chi connectivity index (χ4v) is 2.22. The van der Waals surface area contributed by atoms with Crippen LogP contribution in [0, 0.1) is 6.92 Å². The van der Waals surface area contributed by atoms with Crippen LogP contribution in [0.5, 0.6) is 0 Å². The third kappa shape index (κ3) is 2.54. The van der Waals surface area contributed by atoms with E-state index >= 15 is 0 Å². The number of aliphatic carboxylic acids is 1. The molecule has 0 radical (unpaired) electrons. The molecule has 2 unspecified atom stereocenters. The van der Waals surface area contributed by atoms with E-state index in [4.69, 9.17) is 5.11 Å². The van der Waals surface area contributed by atoms with Gasteiger partial charge in [-0.1, -0.05) is 29.8 Å². The Balaban J connectivity index is 0.00000128. The third-order valence-corrected chi connectivity index (χ3v) is 2.96. The zero-order valence-corrected chi connectivity index (χ0v) is 9.96. The second-order valence-corrected chi connectivity index (χ2v) is 4.08. The quantitative estimate of drug-likeness (QED) is 0.832. The van der Waals surface area contributed by atoms with Crippen molar-refractivity contribution in [3.05, 3.63) is 35.4 Å². The van der Waals surface area contributed by atoms with Crippen molar-refractivity contribution in [2.75, 3.05) is 6.54 Å². The predicted octanol–water partition coefficient (Wildman–Crippen LogP) is 1.95. The van der Waals surface area contributed by atoms with Gasteiger partial charge in [0.1, 0.15) is 6.04 Å². The van der Waals surface area contributed by atoms with Crippen molar-refractivity contribution in [3.63, 3.8) is 0 Å². The summed E-state index contributed by atoms with van der Waals surface area (Å²) in [5, 5.41) is 12.1. The van der Waals surface area contributed by atoms with Gasteiger partial charge in [-0.2, -0.15) is 0 Å². The average molecular weight is 242 g/mol. The van der Waals surface area contributed by atoms with Crippen molar-refractivity contribution in [1.29, 1.82) is 0 Å². The Hall–Kier alpha value is -1.06. The van der Waals surface area contributed by atoms with E-state index < -0.39 is 12.0 Å². The fourth-order valence-electron chi connectivity index (χ4n) is 2.22. The summed E-state index contributed by atoms with van der Waals surface area (Å²) in [5.41, 5.74) is 2.32. The van der Waals surface area contributed by atoms with Crippen molar-refractivity contribution in [1.82, 2.24) is 5.32 Å². The number of aryl methyl sites for hydroxylation is 1. The van der Waals surface area contributed by atoms with Crippen LogP contribution in [0.4, 0.5) is 0 Å². The van der Waals surface area contributed by atoms with Crippen LogP contribution >= 0.6 is 12.4 Å². The molecule has 0 amide bonds. The lowest BCUT2D eigenvalue weighted by Crippen LogP contribution is -2.34. The van der Waals surface area contributed by atoms with Crippen molar-refractivity contribution >= 4 is 18.4 Å². The Morgan fingerprint density at radius 1 is 1.50 bits per heavy atom. The molecule has 1 aromatic rings. The molecule has 0 spiro atoms. The number of rotatable bonds is 2. The highest BCUT2D eigenvalue weighted by Crippen LogP contribution is 2.28. The molecule has 2 rings (SSSR count). The van der Waals surface area contributed by atoms with Crippen LogP contribution in [0.25, 0.3) is 0 Å². The molecular formula is C12H16ClNO2. The van der Waals surface area contributed by atoms with E-state index in [2.05, 4.69) is 11.4 Å². The number of hydrogen-bond donors (Lipinski definition) is 2. The van der Waals surface area contributed by atoms with Gasteiger partial charge in [0, 0.05) is 5.92 Å². The molecule has 1 aliphatic rings. The normalized spacial score (nSPS) is 23.8. The maximum absolute atomic E-state index is 11.0.